The zero-order chi connectivity index (χ0) is 13.8. The molecule has 0 bridgehead atoms. The molecule has 2 rings (SSSR count). The number of nitrogens with zero attached hydrogens (tertiary/aromatic N) is 3. The number of aryl methyl sites for hydroxylation is 2. The molecule has 0 unspecified atom stereocenters. The Kier molecular flexibility index (Phi) is 4.01. The highest BCUT2D eigenvalue weighted by Crippen LogP contribution is 2.23. The summed E-state index contributed by atoms with van der Waals surface area (Å²) in [6.45, 7) is 4.49. The molecule has 0 aliphatic rings. The van der Waals surface area contributed by atoms with Crippen molar-refractivity contribution in [2.24, 2.45) is 0 Å². The number of amides is 2. The molecule has 7 heteroatoms. The molecule has 2 heterocycles. The van der Waals surface area contributed by atoms with Gasteiger partial charge in [0.05, 0.1) is 28.3 Å². The Hall–Kier alpha value is -2.08. The molecule has 2 N–H and O–H groups in total. The monoisotopic (exact) mass is 279 g/mol. The van der Waals surface area contributed by atoms with Crippen LogP contribution >= 0.6 is 11.6 Å². The summed E-state index contributed by atoms with van der Waals surface area (Å²) in [5.74, 6) is 0. The Morgan fingerprint density at radius 3 is 2.95 bits per heavy atom. The minimum absolute atomic E-state index is 0.372. The lowest BCUT2D eigenvalue weighted by atomic mass is 10.3. The molecule has 0 saturated heterocycles. The molecule has 0 fully saturated rings. The first-order valence-corrected chi connectivity index (χ1v) is 6.19. The Balaban J connectivity index is 2.03. The Labute approximate surface area is 115 Å². The fraction of sp³-hybridized carbons (Fsp3) is 0.250. The van der Waals surface area contributed by atoms with E-state index >= 15 is 0 Å². The predicted octanol–water partition coefficient (Wildman–Crippen LogP) is 2.90. The zero-order valence-electron chi connectivity index (χ0n) is 10.6. The van der Waals surface area contributed by atoms with Crippen LogP contribution in [-0.4, -0.2) is 20.8 Å². The lowest BCUT2D eigenvalue weighted by Gasteiger charge is -2.08. The van der Waals surface area contributed by atoms with E-state index in [1.54, 1.807) is 36.3 Å². The number of halogens is 1. The van der Waals surface area contributed by atoms with E-state index in [2.05, 4.69) is 20.7 Å². The van der Waals surface area contributed by atoms with Crippen LogP contribution in [0.25, 0.3) is 0 Å². The van der Waals surface area contributed by atoms with Crippen LogP contribution < -0.4 is 10.6 Å². The molecule has 2 aromatic rings. The second kappa shape index (κ2) is 5.71. The second-order valence-electron chi connectivity index (χ2n) is 3.92. The maximum Gasteiger partial charge on any atom is 0.323 e. The minimum atomic E-state index is -0.372. The third-order valence-corrected chi connectivity index (χ3v) is 3.00. The summed E-state index contributed by atoms with van der Waals surface area (Å²) < 4.78 is 1.72. The van der Waals surface area contributed by atoms with Crippen molar-refractivity contribution in [3.8, 4) is 0 Å². The molecule has 0 aliphatic carbocycles. The zero-order valence-corrected chi connectivity index (χ0v) is 11.4. The highest BCUT2D eigenvalue weighted by atomic mass is 35.5. The highest BCUT2D eigenvalue weighted by Gasteiger charge is 2.08. The third kappa shape index (κ3) is 3.23. The number of pyridine rings is 1. The van der Waals surface area contributed by atoms with Crippen molar-refractivity contribution >= 4 is 29.0 Å². The second-order valence-corrected chi connectivity index (χ2v) is 4.30. The first kappa shape index (κ1) is 13.4. The molecule has 0 aromatic carbocycles. The topological polar surface area (TPSA) is 71.8 Å². The van der Waals surface area contributed by atoms with Crippen molar-refractivity contribution in [2.45, 2.75) is 20.4 Å². The van der Waals surface area contributed by atoms with Gasteiger partial charge < -0.3 is 10.6 Å². The van der Waals surface area contributed by atoms with Crippen LogP contribution in [0, 0.1) is 6.92 Å². The molecular weight excluding hydrogens is 266 g/mol. The summed E-state index contributed by atoms with van der Waals surface area (Å²) in [5, 5.41) is 9.84. The van der Waals surface area contributed by atoms with Crippen LogP contribution in [0.5, 0.6) is 0 Å². The first-order valence-electron chi connectivity index (χ1n) is 5.81. The number of rotatable bonds is 3. The summed E-state index contributed by atoms with van der Waals surface area (Å²) in [7, 11) is 0. The summed E-state index contributed by atoms with van der Waals surface area (Å²) in [5.41, 5.74) is 1.81. The van der Waals surface area contributed by atoms with Gasteiger partial charge in [-0.05, 0) is 19.9 Å². The SMILES string of the molecule is CCn1cc(NC(=O)Nc2ccnc(C)c2Cl)cn1. The van der Waals surface area contributed by atoms with Crippen molar-refractivity contribution in [3.05, 3.63) is 35.4 Å². The highest BCUT2D eigenvalue weighted by molar-refractivity contribution is 6.34. The van der Waals surface area contributed by atoms with Gasteiger partial charge in [0.2, 0.25) is 0 Å². The van der Waals surface area contributed by atoms with Crippen LogP contribution in [0.2, 0.25) is 5.02 Å². The van der Waals surface area contributed by atoms with Crippen LogP contribution in [0.4, 0.5) is 16.2 Å². The van der Waals surface area contributed by atoms with Crippen molar-refractivity contribution in [1.29, 1.82) is 0 Å². The maximum absolute atomic E-state index is 11.8. The molecule has 0 spiro atoms. The molecule has 0 saturated carbocycles. The average molecular weight is 280 g/mol. The normalized spacial score (nSPS) is 10.3. The van der Waals surface area contributed by atoms with Gasteiger partial charge >= 0.3 is 6.03 Å². The third-order valence-electron chi connectivity index (χ3n) is 2.53. The molecule has 2 aromatic heterocycles. The van der Waals surface area contributed by atoms with Gasteiger partial charge in [0.15, 0.2) is 0 Å². The molecule has 100 valence electrons. The largest absolute Gasteiger partial charge is 0.323 e. The van der Waals surface area contributed by atoms with Gasteiger partial charge in [0, 0.05) is 18.9 Å². The number of hydrogen-bond donors (Lipinski definition) is 2. The summed E-state index contributed by atoms with van der Waals surface area (Å²) in [6.07, 6.45) is 4.92. The van der Waals surface area contributed by atoms with Crippen LogP contribution in [-0.2, 0) is 6.54 Å². The van der Waals surface area contributed by atoms with E-state index < -0.39 is 0 Å². The number of hydrogen-bond acceptors (Lipinski definition) is 3. The lowest BCUT2D eigenvalue weighted by Crippen LogP contribution is -2.19. The van der Waals surface area contributed by atoms with Gasteiger partial charge in [0.1, 0.15) is 0 Å². The quantitative estimate of drug-likeness (QED) is 0.907. The number of aromatic nitrogens is 3. The van der Waals surface area contributed by atoms with Crippen molar-refractivity contribution in [1.82, 2.24) is 14.8 Å². The van der Waals surface area contributed by atoms with E-state index in [9.17, 15) is 4.79 Å². The maximum atomic E-state index is 11.8. The number of anilines is 2. The molecule has 6 nitrogen and oxygen atoms in total. The number of carbonyl (C=O) groups excluding carboxylic acids is 1. The van der Waals surface area contributed by atoms with Crippen molar-refractivity contribution in [2.75, 3.05) is 10.6 Å². The predicted molar refractivity (Wildman–Crippen MR) is 74.5 cm³/mol. The summed E-state index contributed by atoms with van der Waals surface area (Å²) in [6, 6.07) is 1.27. The molecule has 0 atom stereocenters. The molecule has 2 amide bonds. The van der Waals surface area contributed by atoms with E-state index in [4.69, 9.17) is 11.6 Å². The first-order chi connectivity index (χ1) is 9.10. The molecule has 0 radical (unpaired) electrons. The van der Waals surface area contributed by atoms with E-state index in [0.717, 1.165) is 6.54 Å². The number of urea groups is 1. The van der Waals surface area contributed by atoms with E-state index in [0.29, 0.717) is 22.1 Å². The minimum Gasteiger partial charge on any atom is -0.306 e. The molecule has 0 aliphatic heterocycles. The molecular formula is C12H14ClN5O. The van der Waals surface area contributed by atoms with Crippen LogP contribution in [0.1, 0.15) is 12.6 Å². The lowest BCUT2D eigenvalue weighted by molar-refractivity contribution is 0.262. The fourth-order valence-electron chi connectivity index (χ4n) is 1.53. The Bertz CT molecular complexity index is 596. The van der Waals surface area contributed by atoms with Gasteiger partial charge in [0.25, 0.3) is 0 Å². The summed E-state index contributed by atoms with van der Waals surface area (Å²) >= 11 is 6.05. The Morgan fingerprint density at radius 2 is 2.26 bits per heavy atom. The fourth-order valence-corrected chi connectivity index (χ4v) is 1.69. The van der Waals surface area contributed by atoms with E-state index in [1.165, 1.54) is 0 Å². The van der Waals surface area contributed by atoms with E-state index in [1.807, 2.05) is 6.92 Å². The van der Waals surface area contributed by atoms with Gasteiger partial charge in [-0.15, -0.1) is 0 Å². The van der Waals surface area contributed by atoms with Crippen LogP contribution in [0.3, 0.4) is 0 Å². The van der Waals surface area contributed by atoms with Gasteiger partial charge in [-0.2, -0.15) is 5.10 Å². The smallest absolute Gasteiger partial charge is 0.306 e. The van der Waals surface area contributed by atoms with E-state index in [-0.39, 0.29) is 6.03 Å². The van der Waals surface area contributed by atoms with Crippen molar-refractivity contribution < 1.29 is 4.79 Å². The summed E-state index contributed by atoms with van der Waals surface area (Å²) in [4.78, 5) is 15.8. The number of carbonyl (C=O) groups is 1. The standard InChI is InChI=1S/C12H14ClN5O/c1-3-18-7-9(6-15-18)16-12(19)17-10-4-5-14-8(2)11(10)13/h4-7H,3H2,1-2H3,(H2,14,16,17,19). The van der Waals surface area contributed by atoms with Crippen molar-refractivity contribution in [3.63, 3.8) is 0 Å². The average Bonchev–Trinajstić information content (AvgIpc) is 2.82. The Morgan fingerprint density at radius 1 is 1.47 bits per heavy atom. The van der Waals surface area contributed by atoms with Gasteiger partial charge in [-0.25, -0.2) is 4.79 Å². The number of nitrogens with one attached hydrogen (secondary N) is 2. The van der Waals surface area contributed by atoms with Gasteiger partial charge in [-0.1, -0.05) is 11.6 Å². The van der Waals surface area contributed by atoms with Crippen LogP contribution in [0.15, 0.2) is 24.7 Å². The molecule has 19 heavy (non-hydrogen) atoms. The van der Waals surface area contributed by atoms with Gasteiger partial charge in [-0.3, -0.25) is 9.67 Å².